The third kappa shape index (κ3) is 5.13. The number of nitrogens with one attached hydrogen (secondary N) is 1. The molecule has 4 heteroatoms. The number of thioether (sulfide) groups is 1. The van der Waals surface area contributed by atoms with Crippen LogP contribution in [0.1, 0.15) is 27.7 Å². The van der Waals surface area contributed by atoms with Crippen LogP contribution in [0.3, 0.4) is 0 Å². The summed E-state index contributed by atoms with van der Waals surface area (Å²) in [5.41, 5.74) is 0.324. The molecule has 0 aliphatic rings. The van der Waals surface area contributed by atoms with Crippen molar-refractivity contribution in [3.05, 3.63) is 24.3 Å². The first-order chi connectivity index (χ1) is 7.92. The molecule has 0 aliphatic carbocycles. The second-order valence-corrected chi connectivity index (χ2v) is 5.86. The molecular formula is C13H19NO2S. The highest BCUT2D eigenvalue weighted by atomic mass is 32.2. The molecule has 0 aliphatic heterocycles. The number of hydrogen-bond donors (Lipinski definition) is 1. The summed E-state index contributed by atoms with van der Waals surface area (Å²) in [6.07, 6.45) is -0.415. The third-order valence-electron chi connectivity index (χ3n) is 1.82. The number of carbonyl (C=O) groups excluding carboxylic acids is 1. The van der Waals surface area contributed by atoms with Crippen molar-refractivity contribution in [2.75, 3.05) is 11.1 Å². The van der Waals surface area contributed by atoms with Crippen molar-refractivity contribution in [1.82, 2.24) is 0 Å². The molecule has 1 aromatic rings. The zero-order chi connectivity index (χ0) is 12.9. The van der Waals surface area contributed by atoms with Gasteiger partial charge in [-0.25, -0.2) is 4.79 Å². The zero-order valence-corrected chi connectivity index (χ0v) is 11.6. The van der Waals surface area contributed by atoms with Crippen molar-refractivity contribution in [2.45, 2.75) is 38.2 Å². The highest BCUT2D eigenvalue weighted by Gasteiger charge is 2.16. The predicted octanol–water partition coefficient (Wildman–Crippen LogP) is 4.15. The van der Waals surface area contributed by atoms with E-state index in [1.54, 1.807) is 11.8 Å². The van der Waals surface area contributed by atoms with Gasteiger partial charge in [0, 0.05) is 4.90 Å². The fourth-order valence-corrected chi connectivity index (χ4v) is 2.03. The molecule has 94 valence electrons. The van der Waals surface area contributed by atoms with Crippen LogP contribution in [0, 0.1) is 0 Å². The summed E-state index contributed by atoms with van der Waals surface area (Å²) in [6, 6.07) is 7.72. The molecule has 0 fully saturated rings. The summed E-state index contributed by atoms with van der Waals surface area (Å²) in [5.74, 6) is 0.965. The van der Waals surface area contributed by atoms with Gasteiger partial charge >= 0.3 is 6.09 Å². The molecule has 1 aromatic carbocycles. The number of benzene rings is 1. The molecule has 1 rings (SSSR count). The van der Waals surface area contributed by atoms with E-state index in [9.17, 15) is 4.79 Å². The van der Waals surface area contributed by atoms with E-state index < -0.39 is 11.7 Å². The first kappa shape index (κ1) is 13.9. The molecule has 3 nitrogen and oxygen atoms in total. The molecule has 1 N–H and O–H groups in total. The second kappa shape index (κ2) is 5.96. The van der Waals surface area contributed by atoms with Crippen LogP contribution in [0.4, 0.5) is 10.5 Å². The minimum atomic E-state index is -0.475. The number of rotatable bonds is 3. The van der Waals surface area contributed by atoms with Gasteiger partial charge < -0.3 is 4.74 Å². The monoisotopic (exact) mass is 253 g/mol. The molecule has 0 heterocycles. The quantitative estimate of drug-likeness (QED) is 0.822. The van der Waals surface area contributed by atoms with E-state index >= 15 is 0 Å². The van der Waals surface area contributed by atoms with Gasteiger partial charge in [-0.05, 0) is 38.7 Å². The first-order valence-corrected chi connectivity index (χ1v) is 6.63. The fourth-order valence-electron chi connectivity index (χ4n) is 1.26. The summed E-state index contributed by atoms with van der Waals surface area (Å²) in [4.78, 5) is 12.7. The van der Waals surface area contributed by atoms with Crippen molar-refractivity contribution >= 4 is 23.5 Å². The Bertz CT molecular complexity index is 385. The summed E-state index contributed by atoms with van der Waals surface area (Å²) in [5, 5.41) is 2.77. The molecule has 0 atom stereocenters. The Hall–Kier alpha value is -1.16. The van der Waals surface area contributed by atoms with Gasteiger partial charge in [0.25, 0.3) is 0 Å². The van der Waals surface area contributed by atoms with Crippen LogP contribution < -0.4 is 5.32 Å². The number of hydrogen-bond acceptors (Lipinski definition) is 3. The maximum absolute atomic E-state index is 11.6. The van der Waals surface area contributed by atoms with Crippen LogP contribution in [-0.2, 0) is 4.74 Å². The van der Waals surface area contributed by atoms with E-state index in [4.69, 9.17) is 4.74 Å². The Morgan fingerprint density at radius 2 is 2.00 bits per heavy atom. The van der Waals surface area contributed by atoms with Crippen molar-refractivity contribution < 1.29 is 9.53 Å². The van der Waals surface area contributed by atoms with Crippen LogP contribution in [0.25, 0.3) is 0 Å². The van der Waals surface area contributed by atoms with Crippen molar-refractivity contribution in [1.29, 1.82) is 0 Å². The number of anilines is 1. The fraction of sp³-hybridized carbons (Fsp3) is 0.462. The van der Waals surface area contributed by atoms with Crippen molar-refractivity contribution in [3.63, 3.8) is 0 Å². The smallest absolute Gasteiger partial charge is 0.412 e. The van der Waals surface area contributed by atoms with Gasteiger partial charge in [-0.2, -0.15) is 0 Å². The highest BCUT2D eigenvalue weighted by Crippen LogP contribution is 2.26. The van der Waals surface area contributed by atoms with Gasteiger partial charge in [-0.15, -0.1) is 11.8 Å². The lowest BCUT2D eigenvalue weighted by atomic mass is 10.2. The average Bonchev–Trinajstić information content (AvgIpc) is 2.18. The van der Waals surface area contributed by atoms with E-state index in [1.807, 2.05) is 45.0 Å². The number of ether oxygens (including phenoxy) is 1. The molecule has 0 aromatic heterocycles. The minimum absolute atomic E-state index is 0.415. The summed E-state index contributed by atoms with van der Waals surface area (Å²) < 4.78 is 5.22. The molecule has 1 amide bonds. The van der Waals surface area contributed by atoms with Gasteiger partial charge in [-0.3, -0.25) is 5.32 Å². The Morgan fingerprint density at radius 3 is 2.59 bits per heavy atom. The Balaban J connectivity index is 2.71. The Morgan fingerprint density at radius 1 is 1.35 bits per heavy atom. The number of para-hydroxylation sites is 1. The SMILES string of the molecule is CCSc1ccccc1NC(=O)OC(C)(C)C. The Labute approximate surface area is 107 Å². The molecule has 0 radical (unpaired) electrons. The van der Waals surface area contributed by atoms with Crippen molar-refractivity contribution in [3.8, 4) is 0 Å². The lowest BCUT2D eigenvalue weighted by Crippen LogP contribution is -2.27. The minimum Gasteiger partial charge on any atom is -0.444 e. The van der Waals surface area contributed by atoms with E-state index in [0.29, 0.717) is 0 Å². The van der Waals surface area contributed by atoms with Gasteiger partial charge in [-0.1, -0.05) is 19.1 Å². The van der Waals surface area contributed by atoms with Crippen LogP contribution >= 0.6 is 11.8 Å². The van der Waals surface area contributed by atoms with Crippen LogP contribution in [-0.4, -0.2) is 17.4 Å². The largest absolute Gasteiger partial charge is 0.444 e. The van der Waals surface area contributed by atoms with E-state index in [2.05, 4.69) is 12.2 Å². The molecule has 0 bridgehead atoms. The van der Waals surface area contributed by atoms with Gasteiger partial charge in [0.1, 0.15) is 5.60 Å². The first-order valence-electron chi connectivity index (χ1n) is 5.64. The highest BCUT2D eigenvalue weighted by molar-refractivity contribution is 7.99. The molecule has 0 unspecified atom stereocenters. The molecule has 0 saturated heterocycles. The number of amides is 1. The predicted molar refractivity (Wildman–Crippen MR) is 72.7 cm³/mol. The number of carbonyl (C=O) groups is 1. The lowest BCUT2D eigenvalue weighted by molar-refractivity contribution is 0.0635. The topological polar surface area (TPSA) is 38.3 Å². The molecule has 17 heavy (non-hydrogen) atoms. The lowest BCUT2D eigenvalue weighted by Gasteiger charge is -2.20. The maximum atomic E-state index is 11.6. The summed E-state index contributed by atoms with van der Waals surface area (Å²) in [6.45, 7) is 7.62. The molecule has 0 spiro atoms. The normalized spacial score (nSPS) is 11.1. The summed E-state index contributed by atoms with van der Waals surface area (Å²) >= 11 is 1.69. The van der Waals surface area contributed by atoms with E-state index in [1.165, 1.54) is 0 Å². The van der Waals surface area contributed by atoms with Gasteiger partial charge in [0.05, 0.1) is 5.69 Å². The van der Waals surface area contributed by atoms with Gasteiger partial charge in [0.2, 0.25) is 0 Å². The van der Waals surface area contributed by atoms with Crippen LogP contribution in [0.5, 0.6) is 0 Å². The second-order valence-electron chi connectivity index (χ2n) is 4.56. The standard InChI is InChI=1S/C13H19NO2S/c1-5-17-11-9-7-6-8-10(11)14-12(15)16-13(2,3)4/h6-9H,5H2,1-4H3,(H,14,15). The Kier molecular flexibility index (Phi) is 4.87. The maximum Gasteiger partial charge on any atom is 0.412 e. The van der Waals surface area contributed by atoms with Crippen molar-refractivity contribution in [2.24, 2.45) is 0 Å². The molecule has 0 saturated carbocycles. The third-order valence-corrected chi connectivity index (χ3v) is 2.78. The zero-order valence-electron chi connectivity index (χ0n) is 10.7. The van der Waals surface area contributed by atoms with Crippen LogP contribution in [0.15, 0.2) is 29.2 Å². The molecular weight excluding hydrogens is 234 g/mol. The van der Waals surface area contributed by atoms with Gasteiger partial charge in [0.15, 0.2) is 0 Å². The summed E-state index contributed by atoms with van der Waals surface area (Å²) in [7, 11) is 0. The van der Waals surface area contributed by atoms with E-state index in [-0.39, 0.29) is 0 Å². The van der Waals surface area contributed by atoms with E-state index in [0.717, 1.165) is 16.3 Å². The van der Waals surface area contributed by atoms with Crippen LogP contribution in [0.2, 0.25) is 0 Å². The average molecular weight is 253 g/mol.